The lowest BCUT2D eigenvalue weighted by Gasteiger charge is -2.29. The van der Waals surface area contributed by atoms with E-state index in [-0.39, 0.29) is 30.6 Å². The molecule has 1 atom stereocenters. The fourth-order valence-electron chi connectivity index (χ4n) is 2.84. The van der Waals surface area contributed by atoms with Crippen LogP contribution in [0.15, 0.2) is 54.6 Å². The number of nitrogens with zero attached hydrogens (tertiary/aromatic N) is 1. The molecule has 0 radical (unpaired) electrons. The van der Waals surface area contributed by atoms with Crippen LogP contribution < -0.4 is 10.1 Å². The molecule has 0 aliphatic heterocycles. The molecule has 0 aliphatic carbocycles. The molecule has 0 fully saturated rings. The van der Waals surface area contributed by atoms with Gasteiger partial charge in [0.2, 0.25) is 11.8 Å². The average Bonchev–Trinajstić information content (AvgIpc) is 2.74. The van der Waals surface area contributed by atoms with Crippen LogP contribution in [0.5, 0.6) is 5.75 Å². The topological polar surface area (TPSA) is 58.6 Å². The van der Waals surface area contributed by atoms with Gasteiger partial charge in [-0.05, 0) is 49.6 Å². The van der Waals surface area contributed by atoms with Crippen LogP contribution in [0, 0.1) is 5.82 Å². The maximum Gasteiger partial charge on any atom is 0.242 e. The van der Waals surface area contributed by atoms with Crippen molar-refractivity contribution in [2.24, 2.45) is 0 Å². The molecule has 0 spiro atoms. The quantitative estimate of drug-likeness (QED) is 0.582. The van der Waals surface area contributed by atoms with Gasteiger partial charge in [-0.25, -0.2) is 4.39 Å². The molecular weight excluding hydrogens is 371 g/mol. The molecule has 0 saturated heterocycles. The molecule has 0 saturated carbocycles. The van der Waals surface area contributed by atoms with Crippen LogP contribution in [0.2, 0.25) is 0 Å². The van der Waals surface area contributed by atoms with E-state index in [1.807, 2.05) is 37.3 Å². The number of hydrogen-bond donors (Lipinski definition) is 1. The lowest BCUT2D eigenvalue weighted by atomic mass is 10.1. The number of amides is 2. The summed E-state index contributed by atoms with van der Waals surface area (Å²) in [4.78, 5) is 26.8. The van der Waals surface area contributed by atoms with Gasteiger partial charge in [0, 0.05) is 19.5 Å². The third-order valence-electron chi connectivity index (χ3n) is 4.53. The predicted octanol–water partition coefficient (Wildman–Crippen LogP) is 3.93. The normalized spacial score (nSPS) is 11.6. The fourth-order valence-corrected chi connectivity index (χ4v) is 2.84. The van der Waals surface area contributed by atoms with Gasteiger partial charge in [-0.15, -0.1) is 0 Å². The van der Waals surface area contributed by atoms with Gasteiger partial charge in [0.1, 0.15) is 17.6 Å². The van der Waals surface area contributed by atoms with E-state index in [0.29, 0.717) is 19.6 Å². The predicted molar refractivity (Wildman–Crippen MR) is 111 cm³/mol. The molecule has 5 nitrogen and oxygen atoms in total. The van der Waals surface area contributed by atoms with Crippen LogP contribution in [0.1, 0.15) is 38.7 Å². The summed E-state index contributed by atoms with van der Waals surface area (Å²) in [6, 6.07) is 14.8. The highest BCUT2D eigenvalue weighted by Gasteiger charge is 2.25. The summed E-state index contributed by atoms with van der Waals surface area (Å²) in [5.41, 5.74) is 0.774. The standard InChI is InChI=1S/C23H29FN2O3/c1-3-15-25-23(28)18(2)26(17-19-11-13-20(24)14-12-19)22(27)10-7-16-29-21-8-5-4-6-9-21/h4-6,8-9,11-14,18H,3,7,10,15-17H2,1-2H3,(H,25,28). The van der Waals surface area contributed by atoms with Crippen LogP contribution in [0.25, 0.3) is 0 Å². The second kappa shape index (κ2) is 11.8. The summed E-state index contributed by atoms with van der Waals surface area (Å²) in [5.74, 6) is 0.0989. The Hall–Kier alpha value is -2.89. The maximum atomic E-state index is 13.2. The summed E-state index contributed by atoms with van der Waals surface area (Å²) < 4.78 is 18.8. The zero-order chi connectivity index (χ0) is 21.1. The first-order valence-corrected chi connectivity index (χ1v) is 10.0. The highest BCUT2D eigenvalue weighted by Crippen LogP contribution is 2.14. The first-order chi connectivity index (χ1) is 14.0. The third-order valence-corrected chi connectivity index (χ3v) is 4.53. The number of halogens is 1. The van der Waals surface area contributed by atoms with Gasteiger partial charge in [-0.3, -0.25) is 9.59 Å². The summed E-state index contributed by atoms with van der Waals surface area (Å²) in [6.07, 6.45) is 1.62. The molecule has 1 unspecified atom stereocenters. The first-order valence-electron chi connectivity index (χ1n) is 10.0. The second-order valence-electron chi connectivity index (χ2n) is 6.88. The van der Waals surface area contributed by atoms with Crippen LogP contribution in [-0.2, 0) is 16.1 Å². The Morgan fingerprint density at radius 1 is 1.10 bits per heavy atom. The highest BCUT2D eigenvalue weighted by atomic mass is 19.1. The summed E-state index contributed by atoms with van der Waals surface area (Å²) >= 11 is 0. The molecule has 2 rings (SSSR count). The van der Waals surface area contributed by atoms with Gasteiger partial charge in [-0.2, -0.15) is 0 Å². The molecule has 1 N–H and O–H groups in total. The van der Waals surface area contributed by atoms with Gasteiger partial charge in [0.05, 0.1) is 6.61 Å². The van der Waals surface area contributed by atoms with E-state index >= 15 is 0 Å². The van der Waals surface area contributed by atoms with E-state index < -0.39 is 6.04 Å². The molecule has 0 bridgehead atoms. The minimum absolute atomic E-state index is 0.134. The highest BCUT2D eigenvalue weighted by molar-refractivity contribution is 5.87. The van der Waals surface area contributed by atoms with Gasteiger partial charge in [0.15, 0.2) is 0 Å². The van der Waals surface area contributed by atoms with Crippen molar-refractivity contribution >= 4 is 11.8 Å². The van der Waals surface area contributed by atoms with Crippen molar-refractivity contribution in [2.45, 2.75) is 45.7 Å². The Balaban J connectivity index is 1.97. The van der Waals surface area contributed by atoms with Crippen molar-refractivity contribution in [1.82, 2.24) is 10.2 Å². The van der Waals surface area contributed by atoms with Crippen molar-refractivity contribution in [1.29, 1.82) is 0 Å². The molecule has 0 aliphatic rings. The van der Waals surface area contributed by atoms with Crippen molar-refractivity contribution in [3.63, 3.8) is 0 Å². The van der Waals surface area contributed by atoms with E-state index in [9.17, 15) is 14.0 Å². The van der Waals surface area contributed by atoms with E-state index in [2.05, 4.69) is 5.32 Å². The molecule has 29 heavy (non-hydrogen) atoms. The number of para-hydroxylation sites is 1. The van der Waals surface area contributed by atoms with Crippen molar-refractivity contribution < 1.29 is 18.7 Å². The van der Waals surface area contributed by atoms with Crippen molar-refractivity contribution in [2.75, 3.05) is 13.2 Å². The number of benzene rings is 2. The molecule has 156 valence electrons. The third kappa shape index (κ3) is 7.56. The minimum Gasteiger partial charge on any atom is -0.494 e. The Bertz CT molecular complexity index is 765. The Morgan fingerprint density at radius 2 is 1.79 bits per heavy atom. The molecule has 2 aromatic rings. The minimum atomic E-state index is -0.617. The van der Waals surface area contributed by atoms with Crippen LogP contribution in [-0.4, -0.2) is 35.9 Å². The second-order valence-corrected chi connectivity index (χ2v) is 6.88. The van der Waals surface area contributed by atoms with Crippen LogP contribution in [0.3, 0.4) is 0 Å². The number of ether oxygens (including phenoxy) is 1. The number of hydrogen-bond acceptors (Lipinski definition) is 3. The number of nitrogens with one attached hydrogen (secondary N) is 1. The molecule has 2 amide bonds. The summed E-state index contributed by atoms with van der Waals surface area (Å²) in [6.45, 7) is 4.91. The zero-order valence-corrected chi connectivity index (χ0v) is 17.1. The van der Waals surface area contributed by atoms with E-state index in [1.54, 1.807) is 24.0 Å². The van der Waals surface area contributed by atoms with Gasteiger partial charge in [-0.1, -0.05) is 37.3 Å². The van der Waals surface area contributed by atoms with Gasteiger partial charge in [0.25, 0.3) is 0 Å². The molecule has 0 heterocycles. The molecular formula is C23H29FN2O3. The van der Waals surface area contributed by atoms with E-state index in [1.165, 1.54) is 12.1 Å². The molecule has 0 aromatic heterocycles. The van der Waals surface area contributed by atoms with Gasteiger partial charge >= 0.3 is 0 Å². The monoisotopic (exact) mass is 400 g/mol. The SMILES string of the molecule is CCCNC(=O)C(C)N(Cc1ccc(F)cc1)C(=O)CCCOc1ccccc1. The van der Waals surface area contributed by atoms with Gasteiger partial charge < -0.3 is 15.0 Å². The Labute approximate surface area is 171 Å². The van der Waals surface area contributed by atoms with Crippen LogP contribution in [0.4, 0.5) is 4.39 Å². The zero-order valence-electron chi connectivity index (χ0n) is 17.1. The number of carbonyl (C=O) groups is 2. The van der Waals surface area contributed by atoms with E-state index in [4.69, 9.17) is 4.74 Å². The lowest BCUT2D eigenvalue weighted by molar-refractivity contribution is -0.140. The molecule has 2 aromatic carbocycles. The van der Waals surface area contributed by atoms with Crippen LogP contribution >= 0.6 is 0 Å². The Kier molecular flexibility index (Phi) is 9.15. The summed E-state index contributed by atoms with van der Waals surface area (Å²) in [7, 11) is 0. The first kappa shape index (κ1) is 22.4. The fraction of sp³-hybridized carbons (Fsp3) is 0.391. The van der Waals surface area contributed by atoms with Crippen molar-refractivity contribution in [3.8, 4) is 5.75 Å². The average molecular weight is 400 g/mol. The largest absolute Gasteiger partial charge is 0.494 e. The number of rotatable bonds is 11. The number of carbonyl (C=O) groups excluding carboxylic acids is 2. The van der Waals surface area contributed by atoms with E-state index in [0.717, 1.165) is 17.7 Å². The summed E-state index contributed by atoms with van der Waals surface area (Å²) in [5, 5.41) is 2.83. The lowest BCUT2D eigenvalue weighted by Crippen LogP contribution is -2.47. The molecule has 6 heteroatoms. The maximum absolute atomic E-state index is 13.2. The van der Waals surface area contributed by atoms with Crippen molar-refractivity contribution in [3.05, 3.63) is 66.0 Å². The smallest absolute Gasteiger partial charge is 0.242 e. The Morgan fingerprint density at radius 3 is 2.45 bits per heavy atom.